The van der Waals surface area contributed by atoms with Gasteiger partial charge in [-0.25, -0.2) is 14.8 Å². The Morgan fingerprint density at radius 1 is 1.14 bits per heavy atom. The predicted molar refractivity (Wildman–Crippen MR) is 81.1 cm³/mol. The van der Waals surface area contributed by atoms with E-state index < -0.39 is 5.60 Å². The Balaban J connectivity index is 1.72. The highest BCUT2D eigenvalue weighted by molar-refractivity contribution is 5.68. The van der Waals surface area contributed by atoms with E-state index in [1.54, 1.807) is 12.4 Å². The van der Waals surface area contributed by atoms with Crippen molar-refractivity contribution < 1.29 is 9.53 Å². The third-order valence-electron chi connectivity index (χ3n) is 3.38. The van der Waals surface area contributed by atoms with Gasteiger partial charge in [-0.15, -0.1) is 0 Å². The van der Waals surface area contributed by atoms with E-state index in [2.05, 4.69) is 20.6 Å². The lowest BCUT2D eigenvalue weighted by atomic mass is 9.91. The molecule has 116 valence electrons. The van der Waals surface area contributed by atoms with Gasteiger partial charge in [0.2, 0.25) is 0 Å². The van der Waals surface area contributed by atoms with Crippen LogP contribution < -0.4 is 10.6 Å². The van der Waals surface area contributed by atoms with Gasteiger partial charge in [0.15, 0.2) is 0 Å². The summed E-state index contributed by atoms with van der Waals surface area (Å²) in [7, 11) is 0. The fourth-order valence-electron chi connectivity index (χ4n) is 2.47. The molecule has 0 saturated heterocycles. The molecule has 0 radical (unpaired) electrons. The molecule has 0 unspecified atom stereocenters. The number of ether oxygens (including phenoxy) is 1. The summed E-state index contributed by atoms with van der Waals surface area (Å²) in [6.45, 7) is 5.61. The van der Waals surface area contributed by atoms with Crippen LogP contribution in [-0.4, -0.2) is 33.7 Å². The van der Waals surface area contributed by atoms with Crippen molar-refractivity contribution in [1.82, 2.24) is 15.3 Å². The molecule has 1 aliphatic carbocycles. The van der Waals surface area contributed by atoms with Crippen molar-refractivity contribution >= 4 is 11.8 Å². The third kappa shape index (κ3) is 5.57. The van der Waals surface area contributed by atoms with Gasteiger partial charge in [-0.2, -0.15) is 0 Å². The van der Waals surface area contributed by atoms with E-state index in [0.29, 0.717) is 6.04 Å². The third-order valence-corrected chi connectivity index (χ3v) is 3.38. The number of carbonyl (C=O) groups is 1. The minimum atomic E-state index is -0.448. The van der Waals surface area contributed by atoms with Crippen LogP contribution in [0.4, 0.5) is 10.5 Å². The Labute approximate surface area is 125 Å². The van der Waals surface area contributed by atoms with E-state index in [1.807, 2.05) is 20.8 Å². The van der Waals surface area contributed by atoms with E-state index in [0.717, 1.165) is 31.4 Å². The highest BCUT2D eigenvalue weighted by Gasteiger charge is 2.24. The fraction of sp³-hybridized carbons (Fsp3) is 0.667. The van der Waals surface area contributed by atoms with Crippen molar-refractivity contribution in [2.45, 2.75) is 64.1 Å². The Kier molecular flexibility index (Phi) is 4.98. The van der Waals surface area contributed by atoms with Gasteiger partial charge >= 0.3 is 6.09 Å². The maximum absolute atomic E-state index is 11.7. The van der Waals surface area contributed by atoms with Gasteiger partial charge in [-0.3, -0.25) is 0 Å². The summed E-state index contributed by atoms with van der Waals surface area (Å²) < 4.78 is 5.28. The van der Waals surface area contributed by atoms with Crippen molar-refractivity contribution in [3.63, 3.8) is 0 Å². The number of hydrogen-bond donors (Lipinski definition) is 2. The smallest absolute Gasteiger partial charge is 0.407 e. The Bertz CT molecular complexity index is 450. The van der Waals surface area contributed by atoms with Crippen LogP contribution in [0.15, 0.2) is 18.7 Å². The Morgan fingerprint density at radius 2 is 1.71 bits per heavy atom. The average molecular weight is 292 g/mol. The molecule has 1 aromatic rings. The van der Waals surface area contributed by atoms with E-state index in [4.69, 9.17) is 4.74 Å². The molecule has 21 heavy (non-hydrogen) atoms. The SMILES string of the molecule is CC(C)(C)OC(=O)NC1CCC(Nc2cncnc2)CC1. The van der Waals surface area contributed by atoms with Crippen molar-refractivity contribution in [2.75, 3.05) is 5.32 Å². The largest absolute Gasteiger partial charge is 0.444 e. The topological polar surface area (TPSA) is 76.1 Å². The first-order valence-corrected chi connectivity index (χ1v) is 7.43. The second-order valence-corrected chi connectivity index (χ2v) is 6.47. The van der Waals surface area contributed by atoms with Crippen LogP contribution in [0.5, 0.6) is 0 Å². The number of nitrogens with zero attached hydrogens (tertiary/aromatic N) is 2. The predicted octanol–water partition coefficient (Wildman–Crippen LogP) is 2.72. The lowest BCUT2D eigenvalue weighted by Gasteiger charge is -2.30. The van der Waals surface area contributed by atoms with Crippen molar-refractivity contribution in [3.05, 3.63) is 18.7 Å². The second kappa shape index (κ2) is 6.74. The molecular formula is C15H24N4O2. The Morgan fingerprint density at radius 3 is 2.29 bits per heavy atom. The van der Waals surface area contributed by atoms with Crippen molar-refractivity contribution in [3.8, 4) is 0 Å². The molecule has 1 heterocycles. The van der Waals surface area contributed by atoms with Crippen molar-refractivity contribution in [1.29, 1.82) is 0 Å². The van der Waals surface area contributed by atoms with Gasteiger partial charge in [0.05, 0.1) is 18.1 Å². The number of nitrogens with one attached hydrogen (secondary N) is 2. The molecule has 1 amide bonds. The summed E-state index contributed by atoms with van der Waals surface area (Å²) in [6, 6.07) is 0.609. The highest BCUT2D eigenvalue weighted by Crippen LogP contribution is 2.22. The molecule has 0 aromatic carbocycles. The zero-order valence-electron chi connectivity index (χ0n) is 12.9. The van der Waals surface area contributed by atoms with Gasteiger partial charge in [-0.05, 0) is 46.5 Å². The molecule has 1 aliphatic rings. The first-order valence-electron chi connectivity index (χ1n) is 7.43. The van der Waals surface area contributed by atoms with Gasteiger partial charge in [0.1, 0.15) is 11.9 Å². The summed E-state index contributed by atoms with van der Waals surface area (Å²) in [6.07, 6.45) is 8.67. The molecule has 1 saturated carbocycles. The molecule has 1 aromatic heterocycles. The first kappa shape index (κ1) is 15.5. The van der Waals surface area contributed by atoms with E-state index >= 15 is 0 Å². The van der Waals surface area contributed by atoms with E-state index in [-0.39, 0.29) is 12.1 Å². The number of aromatic nitrogens is 2. The van der Waals surface area contributed by atoms with Crippen LogP contribution in [0, 0.1) is 0 Å². The number of hydrogen-bond acceptors (Lipinski definition) is 5. The first-order chi connectivity index (χ1) is 9.92. The average Bonchev–Trinajstić information content (AvgIpc) is 2.40. The fourth-order valence-corrected chi connectivity index (χ4v) is 2.47. The molecule has 0 bridgehead atoms. The quantitative estimate of drug-likeness (QED) is 0.896. The van der Waals surface area contributed by atoms with Crippen LogP contribution in [-0.2, 0) is 4.74 Å². The van der Waals surface area contributed by atoms with Crippen molar-refractivity contribution in [2.24, 2.45) is 0 Å². The summed E-state index contributed by atoms with van der Waals surface area (Å²) in [5, 5.41) is 6.37. The molecular weight excluding hydrogens is 268 g/mol. The maximum Gasteiger partial charge on any atom is 0.407 e. The van der Waals surface area contributed by atoms with E-state index in [1.165, 1.54) is 6.33 Å². The summed E-state index contributed by atoms with van der Waals surface area (Å²) >= 11 is 0. The van der Waals surface area contributed by atoms with Crippen LogP contribution in [0.1, 0.15) is 46.5 Å². The van der Waals surface area contributed by atoms with Gasteiger partial charge in [0.25, 0.3) is 0 Å². The standard InChI is InChI=1S/C15H24N4O2/c1-15(2,3)21-14(20)19-12-6-4-11(5-7-12)18-13-8-16-10-17-9-13/h8-12,18H,4-7H2,1-3H3,(H,19,20). The van der Waals surface area contributed by atoms with Crippen LogP contribution in [0.2, 0.25) is 0 Å². The molecule has 0 aliphatic heterocycles. The molecule has 0 spiro atoms. The molecule has 2 N–H and O–H groups in total. The molecule has 1 fully saturated rings. The number of rotatable bonds is 3. The van der Waals surface area contributed by atoms with Crippen LogP contribution in [0.25, 0.3) is 0 Å². The normalized spacial score (nSPS) is 22.4. The minimum absolute atomic E-state index is 0.199. The number of anilines is 1. The van der Waals surface area contributed by atoms with Crippen LogP contribution >= 0.6 is 0 Å². The zero-order valence-corrected chi connectivity index (χ0v) is 12.9. The van der Waals surface area contributed by atoms with Crippen LogP contribution in [0.3, 0.4) is 0 Å². The molecule has 2 rings (SSSR count). The number of carbonyl (C=O) groups excluding carboxylic acids is 1. The number of alkyl carbamates (subject to hydrolysis) is 1. The van der Waals surface area contributed by atoms with Gasteiger partial charge in [0, 0.05) is 12.1 Å². The summed E-state index contributed by atoms with van der Waals surface area (Å²) in [5.74, 6) is 0. The summed E-state index contributed by atoms with van der Waals surface area (Å²) in [4.78, 5) is 19.7. The summed E-state index contributed by atoms with van der Waals surface area (Å²) in [5.41, 5.74) is 0.497. The number of amides is 1. The second-order valence-electron chi connectivity index (χ2n) is 6.47. The lowest BCUT2D eigenvalue weighted by Crippen LogP contribution is -2.42. The molecule has 6 heteroatoms. The molecule has 6 nitrogen and oxygen atoms in total. The monoisotopic (exact) mass is 292 g/mol. The highest BCUT2D eigenvalue weighted by atomic mass is 16.6. The molecule has 0 atom stereocenters. The minimum Gasteiger partial charge on any atom is -0.444 e. The Hall–Kier alpha value is -1.85. The zero-order chi connectivity index (χ0) is 15.3. The lowest BCUT2D eigenvalue weighted by molar-refractivity contribution is 0.0492. The maximum atomic E-state index is 11.7. The van der Waals surface area contributed by atoms with E-state index in [9.17, 15) is 4.79 Å². The van der Waals surface area contributed by atoms with Gasteiger partial charge < -0.3 is 15.4 Å². The van der Waals surface area contributed by atoms with Gasteiger partial charge in [-0.1, -0.05) is 0 Å².